The molecular formula is C16H30N2O2. The molecule has 0 bridgehead atoms. The third kappa shape index (κ3) is 3.19. The average molecular weight is 282 g/mol. The highest BCUT2D eigenvalue weighted by molar-refractivity contribution is 4.95. The standard InChI is InChI=1S/C16H30N2O2/c1-2-8-18(15-3-7-17-13-15)14-4-9-20-16(12-14)5-10-19-11-6-16/h14-15,17H,2-13H2,1H3. The highest BCUT2D eigenvalue weighted by Gasteiger charge is 2.42. The first-order valence-electron chi connectivity index (χ1n) is 8.51. The minimum Gasteiger partial charge on any atom is -0.381 e. The highest BCUT2D eigenvalue weighted by Crippen LogP contribution is 2.37. The quantitative estimate of drug-likeness (QED) is 0.852. The molecule has 3 rings (SSSR count). The molecule has 1 spiro atoms. The lowest BCUT2D eigenvalue weighted by Gasteiger charge is -2.47. The Kier molecular flexibility index (Phi) is 4.97. The summed E-state index contributed by atoms with van der Waals surface area (Å²) in [7, 11) is 0. The molecule has 0 aromatic heterocycles. The van der Waals surface area contributed by atoms with Crippen LogP contribution in [0.15, 0.2) is 0 Å². The van der Waals surface area contributed by atoms with Crippen molar-refractivity contribution >= 4 is 0 Å². The number of rotatable bonds is 4. The zero-order chi connectivity index (χ0) is 13.8. The fourth-order valence-corrected chi connectivity index (χ4v) is 4.22. The fourth-order valence-electron chi connectivity index (χ4n) is 4.22. The molecule has 0 saturated carbocycles. The maximum atomic E-state index is 6.21. The van der Waals surface area contributed by atoms with Gasteiger partial charge < -0.3 is 14.8 Å². The molecule has 3 fully saturated rings. The Balaban J connectivity index is 1.66. The van der Waals surface area contributed by atoms with E-state index in [0.717, 1.165) is 38.7 Å². The zero-order valence-electron chi connectivity index (χ0n) is 12.9. The van der Waals surface area contributed by atoms with Crippen molar-refractivity contribution in [2.24, 2.45) is 0 Å². The first-order chi connectivity index (χ1) is 9.83. The maximum Gasteiger partial charge on any atom is 0.0741 e. The molecule has 1 N–H and O–H groups in total. The van der Waals surface area contributed by atoms with Gasteiger partial charge in [-0.05, 0) is 51.6 Å². The Hall–Kier alpha value is -0.160. The summed E-state index contributed by atoms with van der Waals surface area (Å²) in [6, 6.07) is 1.46. The molecule has 4 nitrogen and oxygen atoms in total. The van der Waals surface area contributed by atoms with Crippen LogP contribution in [0, 0.1) is 0 Å². The Morgan fingerprint density at radius 2 is 2.00 bits per heavy atom. The fraction of sp³-hybridized carbons (Fsp3) is 1.00. The van der Waals surface area contributed by atoms with Crippen molar-refractivity contribution < 1.29 is 9.47 Å². The molecule has 3 aliphatic heterocycles. The molecule has 3 saturated heterocycles. The first-order valence-corrected chi connectivity index (χ1v) is 8.51. The molecule has 0 aliphatic carbocycles. The van der Waals surface area contributed by atoms with Crippen molar-refractivity contribution in [1.29, 1.82) is 0 Å². The van der Waals surface area contributed by atoms with Gasteiger partial charge in [-0.1, -0.05) is 6.92 Å². The van der Waals surface area contributed by atoms with Crippen LogP contribution in [-0.4, -0.2) is 62.0 Å². The van der Waals surface area contributed by atoms with Crippen molar-refractivity contribution in [2.75, 3.05) is 39.5 Å². The summed E-state index contributed by atoms with van der Waals surface area (Å²) < 4.78 is 11.7. The molecule has 0 aromatic rings. The summed E-state index contributed by atoms with van der Waals surface area (Å²) in [5.41, 5.74) is 0.124. The van der Waals surface area contributed by atoms with Crippen LogP contribution in [0.2, 0.25) is 0 Å². The third-order valence-electron chi connectivity index (χ3n) is 5.33. The van der Waals surface area contributed by atoms with Gasteiger partial charge in [0.15, 0.2) is 0 Å². The van der Waals surface area contributed by atoms with E-state index in [1.165, 1.54) is 45.3 Å². The van der Waals surface area contributed by atoms with Gasteiger partial charge in [-0.3, -0.25) is 4.90 Å². The molecule has 0 aromatic carbocycles. The van der Waals surface area contributed by atoms with Crippen molar-refractivity contribution in [3.05, 3.63) is 0 Å². The third-order valence-corrected chi connectivity index (χ3v) is 5.33. The van der Waals surface area contributed by atoms with Gasteiger partial charge in [0.25, 0.3) is 0 Å². The van der Waals surface area contributed by atoms with Crippen LogP contribution in [0.1, 0.15) is 45.4 Å². The summed E-state index contributed by atoms with van der Waals surface area (Å²) in [4.78, 5) is 2.79. The summed E-state index contributed by atoms with van der Waals surface area (Å²) in [5.74, 6) is 0. The van der Waals surface area contributed by atoms with Crippen LogP contribution in [0.4, 0.5) is 0 Å². The van der Waals surface area contributed by atoms with Gasteiger partial charge in [0.2, 0.25) is 0 Å². The van der Waals surface area contributed by atoms with Crippen molar-refractivity contribution in [3.8, 4) is 0 Å². The monoisotopic (exact) mass is 282 g/mol. The van der Waals surface area contributed by atoms with E-state index in [1.54, 1.807) is 0 Å². The van der Waals surface area contributed by atoms with Gasteiger partial charge in [-0.15, -0.1) is 0 Å². The van der Waals surface area contributed by atoms with Crippen LogP contribution in [0.5, 0.6) is 0 Å². The summed E-state index contributed by atoms with van der Waals surface area (Å²) in [5, 5.41) is 3.53. The molecule has 2 unspecified atom stereocenters. The summed E-state index contributed by atoms with van der Waals surface area (Å²) in [6.45, 7) is 8.60. The van der Waals surface area contributed by atoms with Gasteiger partial charge in [0, 0.05) is 38.4 Å². The van der Waals surface area contributed by atoms with E-state index in [-0.39, 0.29) is 5.60 Å². The van der Waals surface area contributed by atoms with Gasteiger partial charge in [0.1, 0.15) is 0 Å². The van der Waals surface area contributed by atoms with Gasteiger partial charge >= 0.3 is 0 Å². The molecule has 4 heteroatoms. The largest absolute Gasteiger partial charge is 0.381 e. The molecule has 3 heterocycles. The lowest BCUT2D eigenvalue weighted by molar-refractivity contribution is -0.153. The second-order valence-corrected chi connectivity index (χ2v) is 6.67. The lowest BCUT2D eigenvalue weighted by Crippen LogP contribution is -2.54. The van der Waals surface area contributed by atoms with E-state index in [2.05, 4.69) is 17.1 Å². The number of ether oxygens (including phenoxy) is 2. The predicted molar refractivity (Wildman–Crippen MR) is 80.0 cm³/mol. The van der Waals surface area contributed by atoms with E-state index in [9.17, 15) is 0 Å². The van der Waals surface area contributed by atoms with Crippen LogP contribution in [-0.2, 0) is 9.47 Å². The normalized spacial score (nSPS) is 33.9. The number of nitrogens with one attached hydrogen (secondary N) is 1. The van der Waals surface area contributed by atoms with E-state index in [1.807, 2.05) is 0 Å². The van der Waals surface area contributed by atoms with Gasteiger partial charge in [-0.2, -0.15) is 0 Å². The van der Waals surface area contributed by atoms with Crippen LogP contribution in [0.3, 0.4) is 0 Å². The summed E-state index contributed by atoms with van der Waals surface area (Å²) >= 11 is 0. The van der Waals surface area contributed by atoms with Crippen LogP contribution < -0.4 is 5.32 Å². The zero-order valence-corrected chi connectivity index (χ0v) is 12.9. The van der Waals surface area contributed by atoms with Crippen LogP contribution in [0.25, 0.3) is 0 Å². The minimum atomic E-state index is 0.124. The Bertz CT molecular complexity index is 293. The van der Waals surface area contributed by atoms with Crippen molar-refractivity contribution in [3.63, 3.8) is 0 Å². The highest BCUT2D eigenvalue weighted by atomic mass is 16.5. The average Bonchev–Trinajstić information content (AvgIpc) is 2.99. The molecule has 116 valence electrons. The number of hydrogen-bond acceptors (Lipinski definition) is 4. The first kappa shape index (κ1) is 14.8. The molecule has 3 aliphatic rings. The number of hydrogen-bond donors (Lipinski definition) is 1. The van der Waals surface area contributed by atoms with E-state index < -0.39 is 0 Å². The number of nitrogens with zero attached hydrogens (tertiary/aromatic N) is 1. The topological polar surface area (TPSA) is 33.7 Å². The SMILES string of the molecule is CCCN(C1CCNC1)C1CCOC2(CCOCC2)C1. The van der Waals surface area contributed by atoms with E-state index >= 15 is 0 Å². The minimum absolute atomic E-state index is 0.124. The Labute approximate surface area is 123 Å². The van der Waals surface area contributed by atoms with Crippen LogP contribution >= 0.6 is 0 Å². The molecule has 20 heavy (non-hydrogen) atoms. The van der Waals surface area contributed by atoms with Crippen molar-refractivity contribution in [2.45, 2.75) is 63.1 Å². The molecule has 0 radical (unpaired) electrons. The summed E-state index contributed by atoms with van der Waals surface area (Å²) in [6.07, 6.45) is 7.17. The van der Waals surface area contributed by atoms with Gasteiger partial charge in [-0.25, -0.2) is 0 Å². The molecule has 0 amide bonds. The molecular weight excluding hydrogens is 252 g/mol. The lowest BCUT2D eigenvalue weighted by atomic mass is 9.83. The Morgan fingerprint density at radius 3 is 2.70 bits per heavy atom. The molecule has 2 atom stereocenters. The second kappa shape index (κ2) is 6.73. The van der Waals surface area contributed by atoms with E-state index in [4.69, 9.17) is 9.47 Å². The maximum absolute atomic E-state index is 6.21. The van der Waals surface area contributed by atoms with Crippen molar-refractivity contribution in [1.82, 2.24) is 10.2 Å². The van der Waals surface area contributed by atoms with E-state index in [0.29, 0.717) is 6.04 Å². The smallest absolute Gasteiger partial charge is 0.0741 e. The Morgan fingerprint density at radius 1 is 1.15 bits per heavy atom. The predicted octanol–water partition coefficient (Wildman–Crippen LogP) is 1.79. The second-order valence-electron chi connectivity index (χ2n) is 6.67. The van der Waals surface area contributed by atoms with Gasteiger partial charge in [0.05, 0.1) is 5.60 Å².